The van der Waals surface area contributed by atoms with E-state index in [-0.39, 0.29) is 0 Å². The van der Waals surface area contributed by atoms with Crippen LogP contribution in [0.25, 0.3) is 0 Å². The van der Waals surface area contributed by atoms with Gasteiger partial charge in [0.05, 0.1) is 0 Å². The fourth-order valence-electron chi connectivity index (χ4n) is 4.27. The molecular weight excluding hydrogens is 430 g/mol. The molecule has 32 heavy (non-hydrogen) atoms. The van der Waals surface area contributed by atoms with Crippen LogP contribution in [0.1, 0.15) is 61.6 Å². The Balaban J connectivity index is 1.51. The quantitative estimate of drug-likeness (QED) is 0.364. The summed E-state index contributed by atoms with van der Waals surface area (Å²) in [5.41, 5.74) is 3.33. The third kappa shape index (κ3) is 6.42. The largest absolute Gasteiger partial charge is 0.439 e. The number of ether oxygens (including phenoxy) is 1. The lowest BCUT2D eigenvalue weighted by atomic mass is 9.78. The smallest absolute Gasteiger partial charge is 0.430 e. The molecule has 0 spiro atoms. The highest BCUT2D eigenvalue weighted by molar-refractivity contribution is 5.30. The summed E-state index contributed by atoms with van der Waals surface area (Å²) in [4.78, 5) is 0. The highest BCUT2D eigenvalue weighted by atomic mass is 19.4. The molecule has 7 heteroatoms. The van der Waals surface area contributed by atoms with E-state index < -0.39 is 24.2 Å². The molecule has 0 amide bonds. The summed E-state index contributed by atoms with van der Waals surface area (Å²) in [7, 11) is 0. The molecule has 1 atom stereocenters. The van der Waals surface area contributed by atoms with Crippen molar-refractivity contribution in [2.75, 3.05) is 0 Å². The lowest BCUT2D eigenvalue weighted by molar-refractivity contribution is -0.304. The lowest BCUT2D eigenvalue weighted by Crippen LogP contribution is -2.45. The van der Waals surface area contributed by atoms with Crippen molar-refractivity contribution in [2.24, 2.45) is 5.92 Å². The fraction of sp³-hybridized carbons (Fsp3) is 0.520. The predicted molar refractivity (Wildman–Crippen MR) is 112 cm³/mol. The van der Waals surface area contributed by atoms with Gasteiger partial charge in [0.15, 0.2) is 0 Å². The van der Waals surface area contributed by atoms with Crippen molar-refractivity contribution in [2.45, 2.75) is 76.2 Å². The average molecular weight is 458 g/mol. The topological polar surface area (TPSA) is 9.23 Å². The van der Waals surface area contributed by atoms with Gasteiger partial charge < -0.3 is 4.74 Å². The Labute approximate surface area is 184 Å². The van der Waals surface area contributed by atoms with E-state index >= 15 is 0 Å². The molecule has 0 bridgehead atoms. The molecular formula is C25H28F6O. The molecule has 1 aliphatic rings. The van der Waals surface area contributed by atoms with Crippen LogP contribution in [0.3, 0.4) is 0 Å². The van der Waals surface area contributed by atoms with E-state index in [1.54, 1.807) is 0 Å². The molecule has 176 valence electrons. The number of benzene rings is 2. The highest BCUT2D eigenvalue weighted by Gasteiger charge is 2.59. The summed E-state index contributed by atoms with van der Waals surface area (Å²) in [6.07, 6.45) is -7.41. The van der Waals surface area contributed by atoms with Crippen LogP contribution >= 0.6 is 0 Å². The molecule has 0 aliphatic heterocycles. The number of alkyl halides is 6. The van der Waals surface area contributed by atoms with Crippen molar-refractivity contribution in [1.29, 1.82) is 0 Å². The van der Waals surface area contributed by atoms with E-state index in [1.807, 2.05) is 0 Å². The van der Waals surface area contributed by atoms with E-state index in [0.717, 1.165) is 35.6 Å². The number of aryl methyl sites for hydroxylation is 2. The van der Waals surface area contributed by atoms with Gasteiger partial charge >= 0.3 is 12.3 Å². The van der Waals surface area contributed by atoms with Crippen LogP contribution in [0.15, 0.2) is 48.5 Å². The molecule has 1 aliphatic carbocycles. The third-order valence-corrected chi connectivity index (χ3v) is 6.34. The zero-order valence-corrected chi connectivity index (χ0v) is 18.0. The fourth-order valence-corrected chi connectivity index (χ4v) is 4.27. The van der Waals surface area contributed by atoms with Crippen LogP contribution in [0.5, 0.6) is 5.75 Å². The average Bonchev–Trinajstić information content (AvgIpc) is 2.78. The Bertz CT molecular complexity index is 836. The second-order valence-electron chi connectivity index (χ2n) is 8.58. The van der Waals surface area contributed by atoms with Gasteiger partial charge in [-0.05, 0) is 79.2 Å². The van der Waals surface area contributed by atoms with Gasteiger partial charge in [-0.2, -0.15) is 22.0 Å². The van der Waals surface area contributed by atoms with E-state index in [1.165, 1.54) is 49.8 Å². The summed E-state index contributed by atoms with van der Waals surface area (Å²) in [5.74, 6) is 0.961. The molecule has 0 saturated heterocycles. The number of hydrogen-bond donors (Lipinski definition) is 0. The summed E-state index contributed by atoms with van der Waals surface area (Å²) >= 11 is 0. The first kappa shape index (κ1) is 24.5. The maximum atomic E-state index is 13.4. The van der Waals surface area contributed by atoms with Gasteiger partial charge in [0.1, 0.15) is 5.75 Å². The monoisotopic (exact) mass is 458 g/mol. The van der Waals surface area contributed by atoms with Crippen LogP contribution < -0.4 is 4.74 Å². The van der Waals surface area contributed by atoms with Crippen LogP contribution in [0.2, 0.25) is 0 Å². The molecule has 1 nitrogen and oxygen atoms in total. The SMILES string of the molecule is CCC1CCC(c2ccc(CCc3ccc(OC(F)(F)C(F)C(F)(F)F)cc3)cc2)CC1. The molecule has 3 rings (SSSR count). The molecule has 1 saturated carbocycles. The van der Waals surface area contributed by atoms with Gasteiger partial charge in [0.2, 0.25) is 0 Å². The van der Waals surface area contributed by atoms with E-state index in [2.05, 4.69) is 35.9 Å². The molecule has 0 N–H and O–H groups in total. The summed E-state index contributed by atoms with van der Waals surface area (Å²) < 4.78 is 80.2. The van der Waals surface area contributed by atoms with E-state index in [0.29, 0.717) is 12.3 Å². The van der Waals surface area contributed by atoms with Crippen molar-refractivity contribution >= 4 is 0 Å². The number of hydrogen-bond acceptors (Lipinski definition) is 1. The molecule has 2 aromatic rings. The van der Waals surface area contributed by atoms with Crippen LogP contribution in [-0.2, 0) is 12.8 Å². The van der Waals surface area contributed by atoms with Crippen molar-refractivity contribution in [3.8, 4) is 5.75 Å². The first-order chi connectivity index (χ1) is 15.1. The normalized spacial score (nSPS) is 20.7. The molecule has 0 radical (unpaired) electrons. The Hall–Kier alpha value is -2.18. The summed E-state index contributed by atoms with van der Waals surface area (Å²) in [5, 5.41) is 0. The maximum Gasteiger partial charge on any atom is 0.439 e. The molecule has 1 unspecified atom stereocenters. The minimum Gasteiger partial charge on any atom is -0.430 e. The Morgan fingerprint density at radius 2 is 1.31 bits per heavy atom. The Morgan fingerprint density at radius 3 is 1.78 bits per heavy atom. The molecule has 0 heterocycles. The van der Waals surface area contributed by atoms with E-state index in [9.17, 15) is 26.3 Å². The summed E-state index contributed by atoms with van der Waals surface area (Å²) in [6, 6.07) is 13.8. The summed E-state index contributed by atoms with van der Waals surface area (Å²) in [6.45, 7) is 2.25. The Kier molecular flexibility index (Phi) is 7.78. The zero-order valence-electron chi connectivity index (χ0n) is 18.0. The van der Waals surface area contributed by atoms with Crippen LogP contribution in [0, 0.1) is 5.92 Å². The van der Waals surface area contributed by atoms with Crippen LogP contribution in [-0.4, -0.2) is 18.5 Å². The van der Waals surface area contributed by atoms with Crippen molar-refractivity contribution in [1.82, 2.24) is 0 Å². The first-order valence-electron chi connectivity index (χ1n) is 11.0. The van der Waals surface area contributed by atoms with Gasteiger partial charge in [0, 0.05) is 0 Å². The minimum absolute atomic E-state index is 0.521. The molecule has 1 fully saturated rings. The van der Waals surface area contributed by atoms with Crippen molar-refractivity contribution in [3.05, 3.63) is 65.2 Å². The van der Waals surface area contributed by atoms with Crippen molar-refractivity contribution in [3.63, 3.8) is 0 Å². The molecule has 2 aromatic carbocycles. The standard InChI is InChI=1S/C25H28F6O/c1-2-17-5-11-20(12-6-17)21-13-7-18(8-14-21)3-4-19-9-15-22(16-10-19)32-25(30,31)23(26)24(27,28)29/h7-10,13-17,20,23H,2-6,11-12H2,1H3. The van der Waals surface area contributed by atoms with E-state index in [4.69, 9.17) is 0 Å². The second-order valence-corrected chi connectivity index (χ2v) is 8.58. The van der Waals surface area contributed by atoms with Crippen molar-refractivity contribution < 1.29 is 31.1 Å². The zero-order chi connectivity index (χ0) is 23.4. The lowest BCUT2D eigenvalue weighted by Gasteiger charge is -2.28. The number of halogens is 6. The second kappa shape index (κ2) is 10.2. The van der Waals surface area contributed by atoms with Crippen LogP contribution in [0.4, 0.5) is 26.3 Å². The van der Waals surface area contributed by atoms with Gasteiger partial charge in [-0.25, -0.2) is 4.39 Å². The van der Waals surface area contributed by atoms with Gasteiger partial charge in [-0.3, -0.25) is 0 Å². The number of rotatable bonds is 8. The van der Waals surface area contributed by atoms with Gasteiger partial charge in [-0.15, -0.1) is 0 Å². The van der Waals surface area contributed by atoms with Gasteiger partial charge in [0.25, 0.3) is 6.17 Å². The van der Waals surface area contributed by atoms with Gasteiger partial charge in [-0.1, -0.05) is 49.7 Å². The Morgan fingerprint density at radius 1 is 0.812 bits per heavy atom. The maximum absolute atomic E-state index is 13.4. The molecule has 0 aromatic heterocycles. The third-order valence-electron chi connectivity index (χ3n) is 6.34. The first-order valence-corrected chi connectivity index (χ1v) is 11.0. The highest BCUT2D eigenvalue weighted by Crippen LogP contribution is 2.38. The predicted octanol–water partition coefficient (Wildman–Crippen LogP) is 8.03. The minimum atomic E-state index is -5.70.